The highest BCUT2D eigenvalue weighted by atomic mass is 16.2. The zero-order valence-corrected chi connectivity index (χ0v) is 18.3. The molecule has 7 heteroatoms. The Morgan fingerprint density at radius 2 is 1.78 bits per heavy atom. The standard InChI is InChI=1S/C25H27N5O2/c1-3-24(31)26-20-17-19(8-9-22(20)28-12-10-27(2)11-13-28)29-14-15-30-21-7-5-4-6-18(21)16-23(30)25(29)32/h3-9,16-17H,1,10-15H2,2H3,(H,26,31). The molecule has 0 unspecified atom stereocenters. The number of piperazine rings is 1. The minimum atomic E-state index is -0.261. The van der Waals surface area contributed by atoms with E-state index in [1.54, 1.807) is 4.90 Å². The molecule has 1 saturated heterocycles. The molecule has 2 amide bonds. The van der Waals surface area contributed by atoms with Crippen LogP contribution >= 0.6 is 0 Å². The number of nitrogens with zero attached hydrogens (tertiary/aromatic N) is 4. The second-order valence-corrected chi connectivity index (χ2v) is 8.38. The van der Waals surface area contributed by atoms with Crippen LogP contribution in [-0.2, 0) is 11.3 Å². The van der Waals surface area contributed by atoms with Gasteiger partial charge in [0.25, 0.3) is 5.91 Å². The average molecular weight is 430 g/mol. The summed E-state index contributed by atoms with van der Waals surface area (Å²) in [6.07, 6.45) is 1.27. The zero-order chi connectivity index (χ0) is 22.2. The van der Waals surface area contributed by atoms with Crippen molar-refractivity contribution < 1.29 is 9.59 Å². The number of likely N-dealkylation sites (N-methyl/N-ethyl adjacent to an activating group) is 1. The van der Waals surface area contributed by atoms with Crippen LogP contribution in [0.1, 0.15) is 10.5 Å². The number of amides is 2. The molecule has 164 valence electrons. The first kappa shape index (κ1) is 20.3. The molecule has 1 fully saturated rings. The summed E-state index contributed by atoms with van der Waals surface area (Å²) >= 11 is 0. The maximum atomic E-state index is 13.4. The van der Waals surface area contributed by atoms with E-state index in [4.69, 9.17) is 0 Å². The molecule has 0 saturated carbocycles. The van der Waals surface area contributed by atoms with Crippen LogP contribution in [0.3, 0.4) is 0 Å². The Bertz CT molecular complexity index is 1210. The van der Waals surface area contributed by atoms with Crippen molar-refractivity contribution in [3.8, 4) is 0 Å². The van der Waals surface area contributed by atoms with Crippen molar-refractivity contribution in [2.45, 2.75) is 6.54 Å². The van der Waals surface area contributed by atoms with Gasteiger partial charge < -0.3 is 24.6 Å². The second kappa shape index (κ2) is 8.16. The highest BCUT2D eigenvalue weighted by Gasteiger charge is 2.28. The van der Waals surface area contributed by atoms with Crippen LogP contribution in [0, 0.1) is 0 Å². The van der Waals surface area contributed by atoms with Crippen LogP contribution in [-0.4, -0.2) is 61.1 Å². The molecule has 3 heterocycles. The molecule has 2 aromatic carbocycles. The quantitative estimate of drug-likeness (QED) is 0.647. The highest BCUT2D eigenvalue weighted by molar-refractivity contribution is 6.09. The first-order valence-corrected chi connectivity index (χ1v) is 11.0. The Morgan fingerprint density at radius 1 is 1.00 bits per heavy atom. The van der Waals surface area contributed by atoms with Gasteiger partial charge in [0, 0.05) is 55.9 Å². The minimum absolute atomic E-state index is 0.0270. The van der Waals surface area contributed by atoms with Gasteiger partial charge in [-0.15, -0.1) is 0 Å². The smallest absolute Gasteiger partial charge is 0.274 e. The van der Waals surface area contributed by atoms with Crippen molar-refractivity contribution >= 4 is 39.8 Å². The fourth-order valence-corrected chi connectivity index (χ4v) is 4.61. The number of anilines is 3. The van der Waals surface area contributed by atoms with E-state index < -0.39 is 0 Å². The van der Waals surface area contributed by atoms with E-state index in [9.17, 15) is 9.59 Å². The van der Waals surface area contributed by atoms with Crippen molar-refractivity contribution in [2.24, 2.45) is 0 Å². The number of rotatable bonds is 4. The lowest BCUT2D eigenvalue weighted by molar-refractivity contribution is -0.111. The summed E-state index contributed by atoms with van der Waals surface area (Å²) in [6.45, 7) is 8.58. The molecule has 1 aromatic heterocycles. The van der Waals surface area contributed by atoms with Gasteiger partial charge in [-0.25, -0.2) is 0 Å². The van der Waals surface area contributed by atoms with Gasteiger partial charge in [0.05, 0.1) is 11.4 Å². The number of carbonyl (C=O) groups is 2. The molecule has 32 heavy (non-hydrogen) atoms. The lowest BCUT2D eigenvalue weighted by atomic mass is 10.1. The second-order valence-electron chi connectivity index (χ2n) is 8.38. The van der Waals surface area contributed by atoms with Gasteiger partial charge in [-0.05, 0) is 43.5 Å². The average Bonchev–Trinajstić information content (AvgIpc) is 3.20. The lowest BCUT2D eigenvalue weighted by Gasteiger charge is -2.36. The third-order valence-corrected chi connectivity index (χ3v) is 6.40. The topological polar surface area (TPSA) is 60.8 Å². The lowest BCUT2D eigenvalue weighted by Crippen LogP contribution is -2.44. The van der Waals surface area contributed by atoms with Gasteiger partial charge in [0.15, 0.2) is 0 Å². The predicted octanol–water partition coefficient (Wildman–Crippen LogP) is 3.18. The van der Waals surface area contributed by atoms with E-state index in [2.05, 4.69) is 39.4 Å². The summed E-state index contributed by atoms with van der Waals surface area (Å²) in [6, 6.07) is 15.9. The third-order valence-electron chi connectivity index (χ3n) is 6.40. The van der Waals surface area contributed by atoms with Crippen LogP contribution in [0.2, 0.25) is 0 Å². The predicted molar refractivity (Wildman–Crippen MR) is 129 cm³/mol. The van der Waals surface area contributed by atoms with Gasteiger partial charge in [-0.3, -0.25) is 9.59 Å². The highest BCUT2D eigenvalue weighted by Crippen LogP contribution is 2.34. The van der Waals surface area contributed by atoms with Crippen molar-refractivity contribution in [3.05, 3.63) is 66.9 Å². The largest absolute Gasteiger partial charge is 0.367 e. The summed E-state index contributed by atoms with van der Waals surface area (Å²) in [5.74, 6) is -0.289. The van der Waals surface area contributed by atoms with E-state index in [0.29, 0.717) is 17.9 Å². The molecule has 2 aliphatic heterocycles. The molecule has 0 spiro atoms. The number of hydrogen-bond acceptors (Lipinski definition) is 4. The summed E-state index contributed by atoms with van der Waals surface area (Å²) in [5, 5.41) is 4.02. The van der Waals surface area contributed by atoms with E-state index in [0.717, 1.165) is 55.0 Å². The van der Waals surface area contributed by atoms with Crippen LogP contribution in [0.25, 0.3) is 10.9 Å². The van der Waals surface area contributed by atoms with Crippen molar-refractivity contribution in [1.82, 2.24) is 9.47 Å². The Kier molecular flexibility index (Phi) is 5.19. The SMILES string of the molecule is C=CC(=O)Nc1cc(N2CCn3c(cc4ccccc43)C2=O)ccc1N1CCN(C)CC1. The molecular weight excluding hydrogens is 402 g/mol. The molecule has 0 atom stereocenters. The Balaban J connectivity index is 1.49. The molecule has 0 aliphatic carbocycles. The number of fused-ring (bicyclic) bond motifs is 3. The van der Waals surface area contributed by atoms with Crippen molar-refractivity contribution in [3.63, 3.8) is 0 Å². The summed E-state index contributed by atoms with van der Waals surface area (Å²) < 4.78 is 2.09. The van der Waals surface area contributed by atoms with Gasteiger partial charge in [0.2, 0.25) is 5.91 Å². The van der Waals surface area contributed by atoms with Crippen molar-refractivity contribution in [2.75, 3.05) is 54.9 Å². The van der Waals surface area contributed by atoms with Crippen molar-refractivity contribution in [1.29, 1.82) is 0 Å². The van der Waals surface area contributed by atoms with E-state index in [1.807, 2.05) is 42.5 Å². The van der Waals surface area contributed by atoms with E-state index in [1.165, 1.54) is 6.08 Å². The molecule has 3 aromatic rings. The van der Waals surface area contributed by atoms with Crippen LogP contribution in [0.4, 0.5) is 17.1 Å². The molecule has 5 rings (SSSR count). The fraction of sp³-hybridized carbons (Fsp3) is 0.280. The normalized spacial score (nSPS) is 16.8. The maximum absolute atomic E-state index is 13.4. The molecular formula is C25H27N5O2. The summed E-state index contributed by atoms with van der Waals surface area (Å²) in [7, 11) is 2.11. The van der Waals surface area contributed by atoms with Gasteiger partial charge in [-0.2, -0.15) is 0 Å². The fourth-order valence-electron chi connectivity index (χ4n) is 4.61. The number of nitrogens with one attached hydrogen (secondary N) is 1. The third kappa shape index (κ3) is 3.54. The Hall–Kier alpha value is -3.58. The first-order valence-electron chi connectivity index (χ1n) is 11.0. The number of aromatic nitrogens is 1. The number of benzene rings is 2. The van der Waals surface area contributed by atoms with Crippen LogP contribution < -0.4 is 15.1 Å². The van der Waals surface area contributed by atoms with Crippen LogP contribution in [0.15, 0.2) is 61.2 Å². The molecule has 1 N–H and O–H groups in total. The maximum Gasteiger partial charge on any atom is 0.274 e. The number of carbonyl (C=O) groups excluding carboxylic acids is 2. The monoisotopic (exact) mass is 429 g/mol. The van der Waals surface area contributed by atoms with Gasteiger partial charge in [0.1, 0.15) is 5.69 Å². The summed E-state index contributed by atoms with van der Waals surface area (Å²) in [4.78, 5) is 31.9. The van der Waals surface area contributed by atoms with Gasteiger partial charge in [-0.1, -0.05) is 24.8 Å². The number of hydrogen-bond donors (Lipinski definition) is 1. The molecule has 2 aliphatic rings. The molecule has 7 nitrogen and oxygen atoms in total. The van der Waals surface area contributed by atoms with E-state index in [-0.39, 0.29) is 11.8 Å². The molecule has 0 bridgehead atoms. The number of para-hydroxylation sites is 1. The van der Waals surface area contributed by atoms with E-state index >= 15 is 0 Å². The summed E-state index contributed by atoms with van der Waals surface area (Å²) in [5.41, 5.74) is 4.23. The molecule has 0 radical (unpaired) electrons. The Morgan fingerprint density at radius 3 is 2.56 bits per heavy atom. The van der Waals surface area contributed by atoms with Gasteiger partial charge >= 0.3 is 0 Å². The first-order chi connectivity index (χ1) is 15.5. The zero-order valence-electron chi connectivity index (χ0n) is 18.3. The Labute approximate surface area is 187 Å². The minimum Gasteiger partial charge on any atom is -0.367 e. The van der Waals surface area contributed by atoms with Crippen LogP contribution in [0.5, 0.6) is 0 Å².